The number of likely N-dealkylation sites (N-methyl/N-ethyl adjacent to an activating group) is 1. The third-order valence-corrected chi connectivity index (χ3v) is 4.71. The zero-order valence-electron chi connectivity index (χ0n) is 16.3. The highest BCUT2D eigenvalue weighted by Gasteiger charge is 2.33. The van der Waals surface area contributed by atoms with Crippen molar-refractivity contribution >= 4 is 29.1 Å². The van der Waals surface area contributed by atoms with E-state index >= 15 is 0 Å². The van der Waals surface area contributed by atoms with Crippen LogP contribution in [0.4, 0.5) is 18.9 Å². The minimum absolute atomic E-state index is 0.148. The number of anilines is 1. The number of carbonyl (C=O) groups excluding carboxylic acids is 2. The fourth-order valence-corrected chi connectivity index (χ4v) is 3.03. The second-order valence-corrected chi connectivity index (χ2v) is 7.02. The van der Waals surface area contributed by atoms with E-state index in [0.717, 1.165) is 17.7 Å². The molecular formula is C21H18ClF3N4O2. The fourth-order valence-electron chi connectivity index (χ4n) is 2.90. The number of aromatic amines is 1. The van der Waals surface area contributed by atoms with Gasteiger partial charge in [0.1, 0.15) is 12.2 Å². The first-order valence-corrected chi connectivity index (χ1v) is 9.63. The minimum atomic E-state index is -4.61. The molecule has 31 heavy (non-hydrogen) atoms. The molecule has 0 aliphatic carbocycles. The lowest BCUT2D eigenvalue weighted by molar-refractivity contribution is -0.137. The number of rotatable bonds is 6. The summed E-state index contributed by atoms with van der Waals surface area (Å²) in [5.74, 6) is -1.25. The van der Waals surface area contributed by atoms with Gasteiger partial charge < -0.3 is 10.2 Å². The van der Waals surface area contributed by atoms with Gasteiger partial charge in [0.05, 0.1) is 16.9 Å². The van der Waals surface area contributed by atoms with Gasteiger partial charge in [0.2, 0.25) is 5.91 Å². The van der Waals surface area contributed by atoms with E-state index in [9.17, 15) is 22.8 Å². The zero-order valence-corrected chi connectivity index (χ0v) is 17.1. The maximum Gasteiger partial charge on any atom is 0.418 e. The molecule has 10 heteroatoms. The number of hydrogen-bond donors (Lipinski definition) is 2. The third kappa shape index (κ3) is 5.43. The predicted octanol–water partition coefficient (Wildman–Crippen LogP) is 4.85. The van der Waals surface area contributed by atoms with Gasteiger partial charge in [0.15, 0.2) is 0 Å². The lowest BCUT2D eigenvalue weighted by Crippen LogP contribution is -2.38. The van der Waals surface area contributed by atoms with Gasteiger partial charge in [-0.2, -0.15) is 18.3 Å². The molecule has 0 spiro atoms. The second kappa shape index (κ2) is 9.22. The average molecular weight is 451 g/mol. The third-order valence-electron chi connectivity index (χ3n) is 4.46. The van der Waals surface area contributed by atoms with Gasteiger partial charge in [-0.15, -0.1) is 0 Å². The van der Waals surface area contributed by atoms with E-state index in [0.29, 0.717) is 10.7 Å². The summed E-state index contributed by atoms with van der Waals surface area (Å²) in [5, 5.41) is 9.52. The van der Waals surface area contributed by atoms with Crippen molar-refractivity contribution in [3.05, 3.63) is 70.9 Å². The standard InChI is InChI=1S/C21H18ClF3N4O2/c1-2-29(12-19(30)26-16-6-4-3-5-15(16)21(23,24)25)20(31)18-11-17(27-28-18)13-7-9-14(22)10-8-13/h3-11H,2,12H2,1H3,(H,26,30)(H,27,28). The van der Waals surface area contributed by atoms with Crippen LogP contribution in [0.15, 0.2) is 54.6 Å². The molecule has 162 valence electrons. The monoisotopic (exact) mass is 450 g/mol. The molecule has 0 radical (unpaired) electrons. The van der Waals surface area contributed by atoms with E-state index in [1.165, 1.54) is 23.1 Å². The van der Waals surface area contributed by atoms with Crippen molar-refractivity contribution in [1.29, 1.82) is 0 Å². The van der Waals surface area contributed by atoms with E-state index in [2.05, 4.69) is 15.5 Å². The van der Waals surface area contributed by atoms with Crippen LogP contribution in [0.25, 0.3) is 11.3 Å². The van der Waals surface area contributed by atoms with Crippen LogP contribution in [-0.4, -0.2) is 40.0 Å². The van der Waals surface area contributed by atoms with Crippen molar-refractivity contribution in [3.63, 3.8) is 0 Å². The summed E-state index contributed by atoms with van der Waals surface area (Å²) in [5.41, 5.74) is 0.0770. The fraction of sp³-hybridized carbons (Fsp3) is 0.190. The molecule has 0 unspecified atom stereocenters. The Kier molecular flexibility index (Phi) is 6.65. The van der Waals surface area contributed by atoms with Gasteiger partial charge in [-0.05, 0) is 37.3 Å². The number of nitrogens with one attached hydrogen (secondary N) is 2. The van der Waals surface area contributed by atoms with Crippen molar-refractivity contribution in [3.8, 4) is 11.3 Å². The number of para-hydroxylation sites is 1. The Morgan fingerprint density at radius 1 is 1.13 bits per heavy atom. The van der Waals surface area contributed by atoms with Crippen LogP contribution in [0.1, 0.15) is 23.0 Å². The van der Waals surface area contributed by atoms with Crippen molar-refractivity contribution < 1.29 is 22.8 Å². The molecule has 0 aliphatic heterocycles. The van der Waals surface area contributed by atoms with Gasteiger partial charge in [0.25, 0.3) is 5.91 Å². The minimum Gasteiger partial charge on any atom is -0.328 e. The molecule has 2 aromatic carbocycles. The lowest BCUT2D eigenvalue weighted by atomic mass is 10.1. The van der Waals surface area contributed by atoms with E-state index in [1.807, 2.05) is 0 Å². The van der Waals surface area contributed by atoms with Crippen molar-refractivity contribution in [2.24, 2.45) is 0 Å². The van der Waals surface area contributed by atoms with Gasteiger partial charge in [-0.1, -0.05) is 35.9 Å². The molecule has 3 aromatic rings. The van der Waals surface area contributed by atoms with Crippen LogP contribution in [0.3, 0.4) is 0 Å². The van der Waals surface area contributed by atoms with E-state index in [-0.39, 0.29) is 17.9 Å². The summed E-state index contributed by atoms with van der Waals surface area (Å²) in [6.07, 6.45) is -4.61. The number of alkyl halides is 3. The van der Waals surface area contributed by atoms with E-state index in [1.54, 1.807) is 31.2 Å². The number of benzene rings is 2. The van der Waals surface area contributed by atoms with Gasteiger partial charge >= 0.3 is 6.18 Å². The molecule has 6 nitrogen and oxygen atoms in total. The molecule has 1 aromatic heterocycles. The molecule has 1 heterocycles. The maximum atomic E-state index is 13.1. The van der Waals surface area contributed by atoms with Crippen LogP contribution < -0.4 is 5.32 Å². The molecule has 3 rings (SSSR count). The Morgan fingerprint density at radius 2 is 1.81 bits per heavy atom. The number of amides is 2. The summed E-state index contributed by atoms with van der Waals surface area (Å²) < 4.78 is 39.3. The number of nitrogens with zero attached hydrogens (tertiary/aromatic N) is 2. The number of carbonyl (C=O) groups is 2. The molecular weight excluding hydrogens is 433 g/mol. The number of halogens is 4. The van der Waals surface area contributed by atoms with Gasteiger partial charge in [-0.25, -0.2) is 0 Å². The molecule has 0 saturated heterocycles. The average Bonchev–Trinajstić information content (AvgIpc) is 3.22. The van der Waals surface area contributed by atoms with Crippen LogP contribution in [-0.2, 0) is 11.0 Å². The lowest BCUT2D eigenvalue weighted by Gasteiger charge is -2.20. The number of aromatic nitrogens is 2. The Bertz CT molecular complexity index is 1080. The van der Waals surface area contributed by atoms with Crippen molar-refractivity contribution in [2.75, 3.05) is 18.4 Å². The smallest absolute Gasteiger partial charge is 0.328 e. The summed E-state index contributed by atoms with van der Waals surface area (Å²) in [4.78, 5) is 26.3. The quantitative estimate of drug-likeness (QED) is 0.563. The first-order valence-electron chi connectivity index (χ1n) is 9.25. The van der Waals surface area contributed by atoms with Crippen LogP contribution in [0.2, 0.25) is 5.02 Å². The van der Waals surface area contributed by atoms with Crippen molar-refractivity contribution in [1.82, 2.24) is 15.1 Å². The molecule has 2 N–H and O–H groups in total. The highest BCUT2D eigenvalue weighted by atomic mass is 35.5. The Balaban J connectivity index is 1.71. The highest BCUT2D eigenvalue weighted by Crippen LogP contribution is 2.34. The summed E-state index contributed by atoms with van der Waals surface area (Å²) >= 11 is 5.87. The SMILES string of the molecule is CCN(CC(=O)Nc1ccccc1C(F)(F)F)C(=O)c1cc(-c2ccc(Cl)cc2)n[nH]1. The summed E-state index contributed by atoms with van der Waals surface area (Å²) in [6, 6.07) is 13.1. The highest BCUT2D eigenvalue weighted by molar-refractivity contribution is 6.30. The summed E-state index contributed by atoms with van der Waals surface area (Å²) in [7, 11) is 0. The molecule has 0 fully saturated rings. The van der Waals surface area contributed by atoms with E-state index in [4.69, 9.17) is 11.6 Å². The van der Waals surface area contributed by atoms with Crippen LogP contribution in [0, 0.1) is 0 Å². The normalized spacial score (nSPS) is 11.3. The zero-order chi connectivity index (χ0) is 22.6. The Labute approximate surface area is 181 Å². The van der Waals surface area contributed by atoms with Crippen molar-refractivity contribution in [2.45, 2.75) is 13.1 Å². The first-order chi connectivity index (χ1) is 14.7. The maximum absolute atomic E-state index is 13.1. The molecule has 2 amide bonds. The predicted molar refractivity (Wildman–Crippen MR) is 111 cm³/mol. The molecule has 0 bridgehead atoms. The topological polar surface area (TPSA) is 78.1 Å². The Morgan fingerprint density at radius 3 is 2.45 bits per heavy atom. The van der Waals surface area contributed by atoms with Gasteiger partial charge in [0, 0.05) is 17.1 Å². The summed E-state index contributed by atoms with van der Waals surface area (Å²) in [6.45, 7) is 1.41. The number of hydrogen-bond acceptors (Lipinski definition) is 3. The van der Waals surface area contributed by atoms with Gasteiger partial charge in [-0.3, -0.25) is 14.7 Å². The molecule has 0 atom stereocenters. The van der Waals surface area contributed by atoms with Crippen LogP contribution >= 0.6 is 11.6 Å². The molecule has 0 saturated carbocycles. The van der Waals surface area contributed by atoms with E-state index < -0.39 is 30.1 Å². The Hall–Kier alpha value is -3.33. The largest absolute Gasteiger partial charge is 0.418 e. The number of H-pyrrole nitrogens is 1. The second-order valence-electron chi connectivity index (χ2n) is 6.58. The molecule has 0 aliphatic rings. The van der Waals surface area contributed by atoms with Crippen LogP contribution in [0.5, 0.6) is 0 Å². The first kappa shape index (κ1) is 22.4.